The zero-order chi connectivity index (χ0) is 13.7. The summed E-state index contributed by atoms with van der Waals surface area (Å²) in [5.74, 6) is 0.151. The molecule has 3 nitrogen and oxygen atoms in total. The molecular weight excluding hydrogens is 236 g/mol. The minimum atomic E-state index is 0.151. The number of amides is 1. The normalized spacial score (nSPS) is 14.3. The Kier molecular flexibility index (Phi) is 4.97. The van der Waals surface area contributed by atoms with Crippen LogP contribution >= 0.6 is 0 Å². The molecule has 0 fully saturated rings. The summed E-state index contributed by atoms with van der Waals surface area (Å²) in [6.07, 6.45) is 4.41. The quantitative estimate of drug-likeness (QED) is 0.825. The predicted molar refractivity (Wildman–Crippen MR) is 79.7 cm³/mol. The first kappa shape index (κ1) is 14.1. The Morgan fingerprint density at radius 3 is 2.95 bits per heavy atom. The molecule has 1 amide bonds. The summed E-state index contributed by atoms with van der Waals surface area (Å²) in [7, 11) is 0. The fourth-order valence-electron chi connectivity index (χ4n) is 2.67. The number of nitrogens with one attached hydrogen (secondary N) is 1. The summed E-state index contributed by atoms with van der Waals surface area (Å²) < 4.78 is 0. The SMILES string of the molecule is CCCNCCc1ccc2c(c1)CCCN2C(C)=O. The maximum Gasteiger partial charge on any atom is 0.223 e. The number of benzene rings is 1. The molecule has 0 radical (unpaired) electrons. The minimum absolute atomic E-state index is 0.151. The second kappa shape index (κ2) is 6.71. The Bertz CT molecular complexity index is 442. The average Bonchev–Trinajstić information content (AvgIpc) is 2.42. The van der Waals surface area contributed by atoms with E-state index in [0.29, 0.717) is 0 Å². The van der Waals surface area contributed by atoms with Crippen LogP contribution in [0.1, 0.15) is 37.8 Å². The highest BCUT2D eigenvalue weighted by molar-refractivity contribution is 5.92. The highest BCUT2D eigenvalue weighted by atomic mass is 16.2. The molecule has 1 N–H and O–H groups in total. The molecular formula is C16H24N2O. The molecule has 0 saturated carbocycles. The van der Waals surface area contributed by atoms with Crippen LogP contribution in [0.25, 0.3) is 0 Å². The van der Waals surface area contributed by atoms with Gasteiger partial charge in [-0.2, -0.15) is 0 Å². The van der Waals surface area contributed by atoms with Gasteiger partial charge in [-0.25, -0.2) is 0 Å². The molecule has 1 aromatic rings. The van der Waals surface area contributed by atoms with E-state index in [4.69, 9.17) is 0 Å². The summed E-state index contributed by atoms with van der Waals surface area (Å²) in [6.45, 7) is 6.81. The second-order valence-electron chi connectivity index (χ2n) is 5.24. The topological polar surface area (TPSA) is 32.3 Å². The molecule has 1 aromatic carbocycles. The molecule has 3 heteroatoms. The third-order valence-corrected chi connectivity index (χ3v) is 3.66. The van der Waals surface area contributed by atoms with Crippen molar-refractivity contribution in [2.75, 3.05) is 24.5 Å². The number of hydrogen-bond donors (Lipinski definition) is 1. The monoisotopic (exact) mass is 260 g/mol. The molecule has 104 valence electrons. The first-order valence-electron chi connectivity index (χ1n) is 7.33. The van der Waals surface area contributed by atoms with E-state index in [1.165, 1.54) is 17.5 Å². The van der Waals surface area contributed by atoms with Gasteiger partial charge < -0.3 is 10.2 Å². The van der Waals surface area contributed by atoms with E-state index < -0.39 is 0 Å². The summed E-state index contributed by atoms with van der Waals surface area (Å²) >= 11 is 0. The lowest BCUT2D eigenvalue weighted by Crippen LogP contribution is -2.33. The lowest BCUT2D eigenvalue weighted by atomic mass is 9.98. The molecule has 0 spiro atoms. The number of carbonyl (C=O) groups is 1. The molecule has 0 atom stereocenters. The standard InChI is InChI=1S/C16H24N2O/c1-3-9-17-10-8-14-6-7-16-15(12-14)5-4-11-18(16)13(2)19/h6-7,12,17H,3-5,8-11H2,1-2H3. The van der Waals surface area contributed by atoms with E-state index in [9.17, 15) is 4.79 Å². The van der Waals surface area contributed by atoms with Crippen LogP contribution in [-0.2, 0) is 17.6 Å². The largest absolute Gasteiger partial charge is 0.316 e. The van der Waals surface area contributed by atoms with Crippen molar-refractivity contribution in [3.63, 3.8) is 0 Å². The zero-order valence-electron chi connectivity index (χ0n) is 12.0. The summed E-state index contributed by atoms with van der Waals surface area (Å²) in [5, 5.41) is 3.43. The maximum absolute atomic E-state index is 11.6. The Balaban J connectivity index is 2.04. The first-order valence-corrected chi connectivity index (χ1v) is 7.33. The highest BCUT2D eigenvalue weighted by Crippen LogP contribution is 2.28. The van der Waals surface area contributed by atoms with Crippen molar-refractivity contribution in [1.82, 2.24) is 5.32 Å². The fraction of sp³-hybridized carbons (Fsp3) is 0.562. The number of rotatable bonds is 5. The summed E-state index contributed by atoms with van der Waals surface area (Å²) in [5.41, 5.74) is 3.81. The van der Waals surface area contributed by atoms with Crippen molar-refractivity contribution in [1.29, 1.82) is 0 Å². The third kappa shape index (κ3) is 3.57. The fourth-order valence-corrected chi connectivity index (χ4v) is 2.67. The lowest BCUT2D eigenvalue weighted by Gasteiger charge is -2.29. The molecule has 19 heavy (non-hydrogen) atoms. The number of fused-ring (bicyclic) bond motifs is 1. The van der Waals surface area contributed by atoms with E-state index in [-0.39, 0.29) is 5.91 Å². The van der Waals surface area contributed by atoms with Crippen LogP contribution in [0, 0.1) is 0 Å². The van der Waals surface area contributed by atoms with Gasteiger partial charge in [0.2, 0.25) is 5.91 Å². The van der Waals surface area contributed by atoms with E-state index in [0.717, 1.165) is 44.6 Å². The maximum atomic E-state index is 11.6. The smallest absolute Gasteiger partial charge is 0.223 e. The van der Waals surface area contributed by atoms with Crippen molar-refractivity contribution >= 4 is 11.6 Å². The lowest BCUT2D eigenvalue weighted by molar-refractivity contribution is -0.116. The Morgan fingerprint density at radius 1 is 1.37 bits per heavy atom. The Hall–Kier alpha value is -1.35. The molecule has 0 aromatic heterocycles. The molecule has 0 saturated heterocycles. The zero-order valence-corrected chi connectivity index (χ0v) is 12.0. The van der Waals surface area contributed by atoms with Gasteiger partial charge in [0.15, 0.2) is 0 Å². The molecule has 0 bridgehead atoms. The minimum Gasteiger partial charge on any atom is -0.316 e. The molecule has 0 unspecified atom stereocenters. The van der Waals surface area contributed by atoms with Gasteiger partial charge in [-0.05, 0) is 56.0 Å². The van der Waals surface area contributed by atoms with Crippen LogP contribution in [0.3, 0.4) is 0 Å². The van der Waals surface area contributed by atoms with Gasteiger partial charge in [0.1, 0.15) is 0 Å². The number of anilines is 1. The van der Waals surface area contributed by atoms with Gasteiger partial charge in [-0.3, -0.25) is 4.79 Å². The first-order chi connectivity index (χ1) is 9.22. The van der Waals surface area contributed by atoms with Crippen LogP contribution < -0.4 is 10.2 Å². The van der Waals surface area contributed by atoms with Gasteiger partial charge in [-0.1, -0.05) is 19.1 Å². The molecule has 0 aliphatic carbocycles. The molecule has 1 aliphatic rings. The van der Waals surface area contributed by atoms with Crippen molar-refractivity contribution in [3.8, 4) is 0 Å². The molecule has 2 rings (SSSR count). The van der Waals surface area contributed by atoms with Crippen molar-refractivity contribution < 1.29 is 4.79 Å². The van der Waals surface area contributed by atoms with E-state index in [2.05, 4.69) is 30.4 Å². The average molecular weight is 260 g/mol. The second-order valence-corrected chi connectivity index (χ2v) is 5.24. The van der Waals surface area contributed by atoms with Crippen LogP contribution in [0.15, 0.2) is 18.2 Å². The van der Waals surface area contributed by atoms with Crippen molar-refractivity contribution in [2.24, 2.45) is 0 Å². The van der Waals surface area contributed by atoms with Crippen LogP contribution in [0.5, 0.6) is 0 Å². The van der Waals surface area contributed by atoms with Crippen molar-refractivity contribution in [3.05, 3.63) is 29.3 Å². The number of aryl methyl sites for hydroxylation is 1. The Labute approximate surface area is 116 Å². The van der Waals surface area contributed by atoms with Gasteiger partial charge in [0, 0.05) is 19.2 Å². The summed E-state index contributed by atoms with van der Waals surface area (Å²) in [6, 6.07) is 6.55. The predicted octanol–water partition coefficient (Wildman–Crippen LogP) is 2.53. The summed E-state index contributed by atoms with van der Waals surface area (Å²) in [4.78, 5) is 13.5. The van der Waals surface area contributed by atoms with Gasteiger partial charge in [-0.15, -0.1) is 0 Å². The van der Waals surface area contributed by atoms with Crippen molar-refractivity contribution in [2.45, 2.75) is 39.5 Å². The van der Waals surface area contributed by atoms with E-state index in [1.54, 1.807) is 6.92 Å². The number of hydrogen-bond acceptors (Lipinski definition) is 2. The number of carbonyl (C=O) groups excluding carboxylic acids is 1. The van der Waals surface area contributed by atoms with Gasteiger partial charge >= 0.3 is 0 Å². The number of nitrogens with zero attached hydrogens (tertiary/aromatic N) is 1. The van der Waals surface area contributed by atoms with Crippen LogP contribution in [0.4, 0.5) is 5.69 Å². The Morgan fingerprint density at radius 2 is 2.21 bits per heavy atom. The van der Waals surface area contributed by atoms with E-state index in [1.807, 2.05) is 4.90 Å². The van der Waals surface area contributed by atoms with E-state index >= 15 is 0 Å². The molecule has 1 aliphatic heterocycles. The van der Waals surface area contributed by atoms with Crippen LogP contribution in [0.2, 0.25) is 0 Å². The van der Waals surface area contributed by atoms with Gasteiger partial charge in [0.25, 0.3) is 0 Å². The van der Waals surface area contributed by atoms with Gasteiger partial charge in [0.05, 0.1) is 0 Å². The third-order valence-electron chi connectivity index (χ3n) is 3.66. The van der Waals surface area contributed by atoms with Crippen LogP contribution in [-0.4, -0.2) is 25.5 Å². The highest BCUT2D eigenvalue weighted by Gasteiger charge is 2.19. The molecule has 1 heterocycles.